The molecule has 0 aliphatic rings. The summed E-state index contributed by atoms with van der Waals surface area (Å²) in [6.45, 7) is 2.65. The predicted molar refractivity (Wildman–Crippen MR) is 69.9 cm³/mol. The lowest BCUT2D eigenvalue weighted by Gasteiger charge is -2.14. The van der Waals surface area contributed by atoms with Gasteiger partial charge in [0.15, 0.2) is 0 Å². The average Bonchev–Trinajstić information content (AvgIpc) is 2.28. The molecule has 1 aromatic carbocycles. The largest absolute Gasteiger partial charge is 0.398 e. The summed E-state index contributed by atoms with van der Waals surface area (Å²) < 4.78 is 0. The van der Waals surface area contributed by atoms with E-state index in [0.29, 0.717) is 23.0 Å². The van der Waals surface area contributed by atoms with Gasteiger partial charge in [0.2, 0.25) is 5.91 Å². The number of benzene rings is 1. The third-order valence-electron chi connectivity index (χ3n) is 2.23. The molecule has 0 spiro atoms. The maximum atomic E-state index is 11.6. The molecular weight excluding hydrogens is 244 g/mol. The van der Waals surface area contributed by atoms with Crippen LogP contribution < -0.4 is 5.73 Å². The zero-order valence-electron chi connectivity index (χ0n) is 9.37. The first-order valence-corrected chi connectivity index (χ1v) is 6.32. The molecule has 5 heteroatoms. The lowest BCUT2D eigenvalue weighted by molar-refractivity contribution is -0.126. The summed E-state index contributed by atoms with van der Waals surface area (Å²) >= 11 is 7.27. The van der Waals surface area contributed by atoms with Crippen molar-refractivity contribution in [3.8, 4) is 0 Å². The van der Waals surface area contributed by atoms with Crippen LogP contribution in [0.15, 0.2) is 23.1 Å². The van der Waals surface area contributed by atoms with Crippen molar-refractivity contribution in [1.82, 2.24) is 4.90 Å². The summed E-state index contributed by atoms with van der Waals surface area (Å²) in [5.74, 6) is 0.474. The molecule has 1 amide bonds. The molecule has 88 valence electrons. The predicted octanol–water partition coefficient (Wildman–Crippen LogP) is 2.49. The normalized spacial score (nSPS) is 10.2. The Labute approximate surface area is 105 Å². The van der Waals surface area contributed by atoms with E-state index in [1.807, 2.05) is 6.92 Å². The van der Waals surface area contributed by atoms with Gasteiger partial charge in [-0.2, -0.15) is 0 Å². The molecule has 0 radical (unpaired) electrons. The molecule has 1 aromatic rings. The minimum absolute atomic E-state index is 0.0897. The SMILES string of the molecule is CCN(C)C(=O)CSc1cc(Cl)ccc1N. The number of nitrogen functional groups attached to an aromatic ring is 1. The van der Waals surface area contributed by atoms with Crippen molar-refractivity contribution < 1.29 is 4.79 Å². The molecule has 0 atom stereocenters. The van der Waals surface area contributed by atoms with Crippen molar-refractivity contribution in [3.05, 3.63) is 23.2 Å². The zero-order chi connectivity index (χ0) is 12.1. The van der Waals surface area contributed by atoms with Gasteiger partial charge in [0.05, 0.1) is 5.75 Å². The van der Waals surface area contributed by atoms with E-state index in [9.17, 15) is 4.79 Å². The van der Waals surface area contributed by atoms with E-state index < -0.39 is 0 Å². The molecule has 1 rings (SSSR count). The Kier molecular flexibility index (Phi) is 4.96. The first-order chi connectivity index (χ1) is 7.54. The van der Waals surface area contributed by atoms with Gasteiger partial charge in [-0.25, -0.2) is 0 Å². The summed E-state index contributed by atoms with van der Waals surface area (Å²) in [7, 11) is 1.78. The molecular formula is C11H15ClN2OS. The third-order valence-corrected chi connectivity index (χ3v) is 3.52. The maximum Gasteiger partial charge on any atom is 0.232 e. The van der Waals surface area contributed by atoms with E-state index in [-0.39, 0.29) is 5.91 Å². The Morgan fingerprint density at radius 1 is 1.56 bits per heavy atom. The van der Waals surface area contributed by atoms with Crippen LogP contribution in [0.3, 0.4) is 0 Å². The summed E-state index contributed by atoms with van der Waals surface area (Å²) in [6, 6.07) is 5.26. The van der Waals surface area contributed by atoms with E-state index in [0.717, 1.165) is 4.90 Å². The Hall–Kier alpha value is -0.870. The number of carbonyl (C=O) groups excluding carboxylic acids is 1. The lowest BCUT2D eigenvalue weighted by atomic mass is 10.3. The molecule has 0 saturated heterocycles. The Morgan fingerprint density at radius 3 is 2.88 bits per heavy atom. The molecule has 3 nitrogen and oxygen atoms in total. The van der Waals surface area contributed by atoms with Crippen molar-refractivity contribution in [3.63, 3.8) is 0 Å². The quantitative estimate of drug-likeness (QED) is 0.667. The Balaban J connectivity index is 2.61. The molecule has 0 aromatic heterocycles. The van der Waals surface area contributed by atoms with Gasteiger partial charge >= 0.3 is 0 Å². The van der Waals surface area contributed by atoms with Crippen molar-refractivity contribution >= 4 is 35.0 Å². The second-order valence-electron chi connectivity index (χ2n) is 3.38. The van der Waals surface area contributed by atoms with Crippen molar-refractivity contribution in [1.29, 1.82) is 0 Å². The fourth-order valence-electron chi connectivity index (χ4n) is 1.06. The number of hydrogen-bond acceptors (Lipinski definition) is 3. The van der Waals surface area contributed by atoms with E-state index in [1.54, 1.807) is 30.1 Å². The van der Waals surface area contributed by atoms with Gasteiger partial charge in [-0.3, -0.25) is 4.79 Å². The highest BCUT2D eigenvalue weighted by molar-refractivity contribution is 8.00. The summed E-state index contributed by atoms with van der Waals surface area (Å²) in [5, 5.41) is 0.632. The second-order valence-corrected chi connectivity index (χ2v) is 4.83. The van der Waals surface area contributed by atoms with Crippen LogP contribution in [0, 0.1) is 0 Å². The number of rotatable bonds is 4. The van der Waals surface area contributed by atoms with Gasteiger partial charge in [0.25, 0.3) is 0 Å². The molecule has 0 heterocycles. The molecule has 0 bridgehead atoms. The Bertz CT molecular complexity index is 384. The Morgan fingerprint density at radius 2 is 2.25 bits per heavy atom. The fraction of sp³-hybridized carbons (Fsp3) is 0.364. The van der Waals surface area contributed by atoms with Gasteiger partial charge in [0.1, 0.15) is 0 Å². The van der Waals surface area contributed by atoms with E-state index in [1.165, 1.54) is 11.8 Å². The molecule has 0 unspecified atom stereocenters. The molecule has 0 aliphatic heterocycles. The number of amides is 1. The second kappa shape index (κ2) is 6.01. The minimum atomic E-state index is 0.0897. The number of hydrogen-bond donors (Lipinski definition) is 1. The van der Waals surface area contributed by atoms with Crippen LogP contribution in [0.5, 0.6) is 0 Å². The summed E-state index contributed by atoms with van der Waals surface area (Å²) in [4.78, 5) is 14.1. The van der Waals surface area contributed by atoms with Crippen LogP contribution in [0.2, 0.25) is 5.02 Å². The highest BCUT2D eigenvalue weighted by atomic mass is 35.5. The minimum Gasteiger partial charge on any atom is -0.398 e. The summed E-state index contributed by atoms with van der Waals surface area (Å²) in [6.07, 6.45) is 0. The van der Waals surface area contributed by atoms with Crippen LogP contribution in [-0.2, 0) is 4.79 Å². The van der Waals surface area contributed by atoms with Crippen LogP contribution in [0.4, 0.5) is 5.69 Å². The number of halogens is 1. The molecule has 0 fully saturated rings. The first kappa shape index (κ1) is 13.2. The van der Waals surface area contributed by atoms with Gasteiger partial charge in [-0.1, -0.05) is 11.6 Å². The lowest BCUT2D eigenvalue weighted by Crippen LogP contribution is -2.27. The van der Waals surface area contributed by atoms with Gasteiger partial charge in [0, 0.05) is 29.2 Å². The van der Waals surface area contributed by atoms with Crippen LogP contribution in [-0.4, -0.2) is 30.2 Å². The van der Waals surface area contributed by atoms with Crippen LogP contribution >= 0.6 is 23.4 Å². The molecule has 0 saturated carbocycles. The monoisotopic (exact) mass is 258 g/mol. The topological polar surface area (TPSA) is 46.3 Å². The smallest absolute Gasteiger partial charge is 0.232 e. The van der Waals surface area contributed by atoms with Gasteiger partial charge in [-0.05, 0) is 25.1 Å². The number of thioether (sulfide) groups is 1. The zero-order valence-corrected chi connectivity index (χ0v) is 10.9. The van der Waals surface area contributed by atoms with Gasteiger partial charge < -0.3 is 10.6 Å². The third kappa shape index (κ3) is 3.61. The number of carbonyl (C=O) groups is 1. The number of nitrogens with two attached hydrogens (primary N) is 1. The highest BCUT2D eigenvalue weighted by Crippen LogP contribution is 2.28. The standard InChI is InChI=1S/C11H15ClN2OS/c1-3-14(2)11(15)7-16-10-6-8(12)4-5-9(10)13/h4-6H,3,7,13H2,1-2H3. The van der Waals surface area contributed by atoms with E-state index >= 15 is 0 Å². The van der Waals surface area contributed by atoms with Crippen LogP contribution in [0.25, 0.3) is 0 Å². The highest BCUT2D eigenvalue weighted by Gasteiger charge is 2.08. The fourth-order valence-corrected chi connectivity index (χ4v) is 2.24. The number of nitrogens with zero attached hydrogens (tertiary/aromatic N) is 1. The van der Waals surface area contributed by atoms with E-state index in [4.69, 9.17) is 17.3 Å². The number of anilines is 1. The van der Waals surface area contributed by atoms with Crippen molar-refractivity contribution in [2.75, 3.05) is 25.1 Å². The average molecular weight is 259 g/mol. The molecule has 0 aliphatic carbocycles. The van der Waals surface area contributed by atoms with Crippen molar-refractivity contribution in [2.24, 2.45) is 0 Å². The van der Waals surface area contributed by atoms with Gasteiger partial charge in [-0.15, -0.1) is 11.8 Å². The van der Waals surface area contributed by atoms with E-state index in [2.05, 4.69) is 0 Å². The van der Waals surface area contributed by atoms with Crippen molar-refractivity contribution in [2.45, 2.75) is 11.8 Å². The summed E-state index contributed by atoms with van der Waals surface area (Å²) in [5.41, 5.74) is 6.43. The maximum absolute atomic E-state index is 11.6. The molecule has 2 N–H and O–H groups in total. The van der Waals surface area contributed by atoms with Crippen LogP contribution in [0.1, 0.15) is 6.92 Å². The molecule has 16 heavy (non-hydrogen) atoms. The first-order valence-electron chi connectivity index (χ1n) is 4.96.